The van der Waals surface area contributed by atoms with E-state index in [-0.39, 0.29) is 26.9 Å². The van der Waals surface area contributed by atoms with Crippen molar-refractivity contribution < 1.29 is 31.5 Å². The minimum Gasteiger partial charge on any atom is -0.468 e. The third-order valence-electron chi connectivity index (χ3n) is 3.24. The zero-order chi connectivity index (χ0) is 21.6. The van der Waals surface area contributed by atoms with Crippen LogP contribution in [0, 0.1) is 0 Å². The number of hydrogen-bond donors (Lipinski definition) is 1. The number of ketones is 1. The monoisotopic (exact) mass is 438 g/mol. The third-order valence-corrected chi connectivity index (χ3v) is 4.94. The van der Waals surface area contributed by atoms with Crippen LogP contribution in [0.5, 0.6) is 0 Å². The van der Waals surface area contributed by atoms with Crippen LogP contribution in [0.3, 0.4) is 0 Å². The minimum atomic E-state index is -5.06. The number of aliphatic imine (C=N–C) groups is 2. The Morgan fingerprint density at radius 3 is 2.39 bits per heavy atom. The van der Waals surface area contributed by atoms with E-state index in [0.717, 1.165) is 7.05 Å². The number of anilines is 1. The number of carbonyl (C=O) groups is 1. The van der Waals surface area contributed by atoms with E-state index >= 15 is 0 Å². The number of Topliss-reactive ketones (excluding diaryl/α,β-unsaturated/α-hetero) is 1. The highest BCUT2D eigenvalue weighted by Gasteiger charge is 2.33. The van der Waals surface area contributed by atoms with E-state index < -0.39 is 32.9 Å². The molecule has 9 nitrogen and oxygen atoms in total. The Labute approximate surface area is 165 Å². The average Bonchev–Trinajstić information content (AvgIpc) is 2.65. The first kappa shape index (κ1) is 23.3. The SMILES string of the molecule is C=C(/N=C(\N=C(/N)OC)OC)C(=O)c1cccc(Cl)c1N(C)S(=O)(=O)C(F)F. The standard InChI is InChI=1S/C15H17ClF2N4O5S/c1-8(20-15(27-4)21-14(19)26-3)12(23)9-6-5-7-10(16)11(9)22(2)28(24,25)13(17)18/h5-7,13H,1H2,2-4H3,(H2,19,20,21). The lowest BCUT2D eigenvalue weighted by molar-refractivity contribution is 0.103. The van der Waals surface area contributed by atoms with Gasteiger partial charge in [-0.25, -0.2) is 8.42 Å². The van der Waals surface area contributed by atoms with Gasteiger partial charge in [0, 0.05) is 7.05 Å². The first-order chi connectivity index (χ1) is 13.0. The van der Waals surface area contributed by atoms with Crippen molar-refractivity contribution in [1.29, 1.82) is 0 Å². The number of hydrogen-bond acceptors (Lipinski definition) is 6. The number of benzene rings is 1. The van der Waals surface area contributed by atoms with Crippen molar-refractivity contribution in [2.45, 2.75) is 5.76 Å². The van der Waals surface area contributed by atoms with Crippen LogP contribution >= 0.6 is 11.6 Å². The molecule has 0 aliphatic rings. The summed E-state index contributed by atoms with van der Waals surface area (Å²) < 4.78 is 59.1. The molecule has 0 unspecified atom stereocenters. The number of rotatable bonds is 6. The number of halogens is 3. The van der Waals surface area contributed by atoms with E-state index in [2.05, 4.69) is 21.3 Å². The number of nitrogens with zero attached hydrogens (tertiary/aromatic N) is 3. The van der Waals surface area contributed by atoms with Crippen LogP contribution in [0.4, 0.5) is 14.5 Å². The lowest BCUT2D eigenvalue weighted by atomic mass is 10.1. The van der Waals surface area contributed by atoms with Crippen LogP contribution in [0.2, 0.25) is 5.02 Å². The van der Waals surface area contributed by atoms with Gasteiger partial charge in [-0.05, 0) is 12.1 Å². The van der Waals surface area contributed by atoms with Crippen molar-refractivity contribution in [3.05, 3.63) is 41.1 Å². The Morgan fingerprint density at radius 1 is 1.29 bits per heavy atom. The predicted octanol–water partition coefficient (Wildman–Crippen LogP) is 1.99. The fourth-order valence-corrected chi connectivity index (χ4v) is 2.88. The van der Waals surface area contributed by atoms with Gasteiger partial charge in [0.05, 0.1) is 30.5 Å². The summed E-state index contributed by atoms with van der Waals surface area (Å²) in [6.45, 7) is 3.45. The maximum atomic E-state index is 12.9. The fraction of sp³-hybridized carbons (Fsp3) is 0.267. The molecule has 0 fully saturated rings. The van der Waals surface area contributed by atoms with Gasteiger partial charge in [-0.15, -0.1) is 4.99 Å². The average molecular weight is 439 g/mol. The van der Waals surface area contributed by atoms with Crippen molar-refractivity contribution in [2.75, 3.05) is 25.6 Å². The summed E-state index contributed by atoms with van der Waals surface area (Å²) in [5.74, 6) is -4.63. The number of methoxy groups -OCH3 is 2. The molecule has 0 bridgehead atoms. The molecule has 154 valence electrons. The van der Waals surface area contributed by atoms with Gasteiger partial charge in [0.1, 0.15) is 5.70 Å². The van der Waals surface area contributed by atoms with Gasteiger partial charge >= 0.3 is 11.8 Å². The first-order valence-corrected chi connectivity index (χ1v) is 9.14. The summed E-state index contributed by atoms with van der Waals surface area (Å²) in [4.78, 5) is 20.0. The van der Waals surface area contributed by atoms with E-state index in [0.29, 0.717) is 0 Å². The predicted molar refractivity (Wildman–Crippen MR) is 101 cm³/mol. The van der Waals surface area contributed by atoms with Crippen LogP contribution in [0.25, 0.3) is 0 Å². The van der Waals surface area contributed by atoms with Crippen molar-refractivity contribution in [3.8, 4) is 0 Å². The van der Waals surface area contributed by atoms with Crippen molar-refractivity contribution in [1.82, 2.24) is 0 Å². The Kier molecular flexibility index (Phi) is 7.88. The molecule has 0 saturated carbocycles. The summed E-state index contributed by atoms with van der Waals surface area (Å²) in [6, 6.07) is 3.06. The number of nitrogens with two attached hydrogens (primary N) is 1. The van der Waals surface area contributed by atoms with Gasteiger partial charge in [0.15, 0.2) is 0 Å². The summed E-state index contributed by atoms with van der Waals surface area (Å²) >= 11 is 5.96. The molecule has 0 atom stereocenters. The molecule has 0 aliphatic carbocycles. The molecule has 0 aliphatic heterocycles. The van der Waals surface area contributed by atoms with E-state index in [4.69, 9.17) is 22.1 Å². The molecule has 0 radical (unpaired) electrons. The largest absolute Gasteiger partial charge is 0.468 e. The Hall–Kier alpha value is -2.73. The molecule has 1 aromatic rings. The number of sulfonamides is 1. The summed E-state index contributed by atoms with van der Waals surface area (Å²) in [5, 5.41) is -0.247. The molecule has 2 N–H and O–H groups in total. The fourth-order valence-electron chi connectivity index (χ4n) is 1.84. The lowest BCUT2D eigenvalue weighted by Gasteiger charge is -2.22. The van der Waals surface area contributed by atoms with Gasteiger partial charge in [0.25, 0.3) is 16.0 Å². The number of allylic oxidation sites excluding steroid dienone is 1. The zero-order valence-electron chi connectivity index (χ0n) is 15.0. The molecule has 0 amide bonds. The highest BCUT2D eigenvalue weighted by Crippen LogP contribution is 2.33. The number of alkyl halides is 2. The van der Waals surface area contributed by atoms with Crippen molar-refractivity contribution in [2.24, 2.45) is 15.7 Å². The zero-order valence-corrected chi connectivity index (χ0v) is 16.6. The normalized spacial score (nSPS) is 12.7. The molecular formula is C15H17ClF2N4O5S. The molecule has 1 rings (SSSR count). The van der Waals surface area contributed by atoms with E-state index in [1.807, 2.05) is 0 Å². The molecule has 13 heteroatoms. The third kappa shape index (κ3) is 5.16. The van der Waals surface area contributed by atoms with Crippen molar-refractivity contribution in [3.63, 3.8) is 0 Å². The molecule has 28 heavy (non-hydrogen) atoms. The Bertz CT molecular complexity index is 934. The van der Waals surface area contributed by atoms with Crippen LogP contribution in [-0.2, 0) is 19.5 Å². The molecular weight excluding hydrogens is 422 g/mol. The van der Waals surface area contributed by atoms with E-state index in [9.17, 15) is 22.0 Å². The van der Waals surface area contributed by atoms with Crippen LogP contribution < -0.4 is 10.0 Å². The maximum Gasteiger partial charge on any atom is 0.355 e. The second-order valence-corrected chi connectivity index (χ2v) is 7.28. The number of carbonyl (C=O) groups excluding carboxylic acids is 1. The van der Waals surface area contributed by atoms with Crippen LogP contribution in [0.15, 0.2) is 40.5 Å². The second-order valence-electron chi connectivity index (χ2n) is 4.94. The van der Waals surface area contributed by atoms with E-state index in [1.165, 1.54) is 32.4 Å². The highest BCUT2D eigenvalue weighted by atomic mass is 35.5. The Balaban J connectivity index is 3.44. The minimum absolute atomic E-state index is 0.225. The molecule has 1 aromatic carbocycles. The first-order valence-electron chi connectivity index (χ1n) is 7.26. The molecule has 0 heterocycles. The number of amidine groups is 2. The smallest absolute Gasteiger partial charge is 0.355 e. The Morgan fingerprint density at radius 2 is 1.89 bits per heavy atom. The van der Waals surface area contributed by atoms with Crippen LogP contribution in [-0.4, -0.2) is 53.3 Å². The summed E-state index contributed by atoms with van der Waals surface area (Å²) in [5.41, 5.74) is 4.13. The molecule has 0 spiro atoms. The van der Waals surface area contributed by atoms with Gasteiger partial charge in [-0.3, -0.25) is 9.10 Å². The number of para-hydroxylation sites is 1. The van der Waals surface area contributed by atoms with E-state index in [1.54, 1.807) is 0 Å². The molecule has 0 aromatic heterocycles. The van der Waals surface area contributed by atoms with Crippen LogP contribution in [0.1, 0.15) is 10.4 Å². The lowest BCUT2D eigenvalue weighted by Crippen LogP contribution is -2.33. The number of ether oxygens (including phenoxy) is 2. The second kappa shape index (κ2) is 9.46. The summed E-state index contributed by atoms with van der Waals surface area (Å²) in [7, 11) is -1.79. The van der Waals surface area contributed by atoms with Gasteiger partial charge in [-0.2, -0.15) is 13.8 Å². The quantitative estimate of drug-likeness (QED) is 0.313. The van der Waals surface area contributed by atoms with Gasteiger partial charge in [0.2, 0.25) is 5.78 Å². The topological polar surface area (TPSA) is 124 Å². The van der Waals surface area contributed by atoms with Crippen molar-refractivity contribution >= 4 is 45.1 Å². The van der Waals surface area contributed by atoms with Gasteiger partial charge in [-0.1, -0.05) is 24.2 Å². The van der Waals surface area contributed by atoms with Gasteiger partial charge < -0.3 is 15.2 Å². The maximum absolute atomic E-state index is 12.9. The molecule has 0 saturated heterocycles. The highest BCUT2D eigenvalue weighted by molar-refractivity contribution is 7.93. The summed E-state index contributed by atoms with van der Waals surface area (Å²) in [6.07, 6.45) is 0.